The van der Waals surface area contributed by atoms with Gasteiger partial charge < -0.3 is 14.9 Å². The first-order chi connectivity index (χ1) is 6.84. The Morgan fingerprint density at radius 3 is 2.65 bits per heavy atom. The SMILES string of the molecule is Cc1ccc2c(c1)[C-]=C1C=CC=CC12.[CH3-].[CH3-].[Zr+3]. The summed E-state index contributed by atoms with van der Waals surface area (Å²) in [7, 11) is 0. The molecule has 0 amide bonds. The van der Waals surface area contributed by atoms with Gasteiger partial charge in [0.2, 0.25) is 0 Å². The molecule has 0 N–H and O–H groups in total. The summed E-state index contributed by atoms with van der Waals surface area (Å²) in [4.78, 5) is 0. The van der Waals surface area contributed by atoms with Crippen molar-refractivity contribution in [2.75, 3.05) is 0 Å². The molecule has 1 radical (unpaired) electrons. The number of benzene rings is 1. The van der Waals surface area contributed by atoms with Crippen LogP contribution in [0.5, 0.6) is 0 Å². The van der Waals surface area contributed by atoms with E-state index in [-0.39, 0.29) is 41.1 Å². The molecule has 0 spiro atoms. The van der Waals surface area contributed by atoms with Crippen LogP contribution >= 0.6 is 0 Å². The van der Waals surface area contributed by atoms with Crippen LogP contribution in [0.25, 0.3) is 0 Å². The molecule has 0 aliphatic heterocycles. The molecule has 1 aromatic rings. The van der Waals surface area contributed by atoms with Gasteiger partial charge >= 0.3 is 26.2 Å². The second-order valence-corrected chi connectivity index (χ2v) is 3.89. The van der Waals surface area contributed by atoms with E-state index in [1.807, 2.05) is 0 Å². The second kappa shape index (κ2) is 6.31. The molecule has 0 heterocycles. The summed E-state index contributed by atoms with van der Waals surface area (Å²) in [6, 6.07) is 6.61. The number of aryl methyl sites for hydroxylation is 1. The molecule has 1 aromatic carbocycles. The molecule has 0 bridgehead atoms. The van der Waals surface area contributed by atoms with E-state index in [9.17, 15) is 0 Å². The van der Waals surface area contributed by atoms with Crippen LogP contribution in [0.4, 0.5) is 0 Å². The smallest absolute Gasteiger partial charge is 0.358 e. The summed E-state index contributed by atoms with van der Waals surface area (Å²) >= 11 is 0. The Kier molecular flexibility index (Phi) is 6.06. The molecule has 2 aliphatic carbocycles. The first-order valence-corrected chi connectivity index (χ1v) is 4.94. The molecule has 17 heavy (non-hydrogen) atoms. The minimum atomic E-state index is 0. The monoisotopic (exact) mass is 299 g/mol. The van der Waals surface area contributed by atoms with Gasteiger partial charge in [0.15, 0.2) is 0 Å². The Morgan fingerprint density at radius 1 is 1.12 bits per heavy atom. The molecule has 0 nitrogen and oxygen atoms in total. The molecular formula is C16H17Zr. The van der Waals surface area contributed by atoms with E-state index in [0.717, 1.165) is 0 Å². The maximum atomic E-state index is 3.46. The van der Waals surface area contributed by atoms with Crippen molar-refractivity contribution in [3.8, 4) is 0 Å². The van der Waals surface area contributed by atoms with Crippen LogP contribution in [0.3, 0.4) is 0 Å². The van der Waals surface area contributed by atoms with Crippen LogP contribution in [0.2, 0.25) is 0 Å². The number of allylic oxidation sites excluding steroid dienone is 5. The van der Waals surface area contributed by atoms with Gasteiger partial charge in [0.05, 0.1) is 0 Å². The van der Waals surface area contributed by atoms with E-state index >= 15 is 0 Å². The minimum absolute atomic E-state index is 0. The largest absolute Gasteiger partial charge is 3.00 e. The minimum Gasteiger partial charge on any atom is -0.358 e. The number of fused-ring (bicyclic) bond motifs is 3. The van der Waals surface area contributed by atoms with Gasteiger partial charge in [0.25, 0.3) is 0 Å². The fraction of sp³-hybridized carbons (Fsp3) is 0.125. The summed E-state index contributed by atoms with van der Waals surface area (Å²) in [6.07, 6.45) is 12.0. The molecule has 3 rings (SSSR count). The summed E-state index contributed by atoms with van der Waals surface area (Å²) < 4.78 is 0. The van der Waals surface area contributed by atoms with Gasteiger partial charge in [-0.05, 0) is 12.8 Å². The zero-order valence-corrected chi connectivity index (χ0v) is 13.1. The molecule has 1 heteroatoms. The Morgan fingerprint density at radius 2 is 1.88 bits per heavy atom. The quantitative estimate of drug-likeness (QED) is 0.630. The summed E-state index contributed by atoms with van der Waals surface area (Å²) in [6.45, 7) is 2.13. The average Bonchev–Trinajstić information content (AvgIpc) is 2.54. The van der Waals surface area contributed by atoms with Crippen molar-refractivity contribution in [3.05, 3.63) is 85.7 Å². The van der Waals surface area contributed by atoms with Gasteiger partial charge in [-0.3, -0.25) is 0 Å². The molecule has 2 aliphatic rings. The molecule has 0 aromatic heterocycles. The van der Waals surface area contributed by atoms with Gasteiger partial charge in [-0.1, -0.05) is 23.8 Å². The molecule has 1 unspecified atom stereocenters. The van der Waals surface area contributed by atoms with Crippen LogP contribution in [0, 0.1) is 27.9 Å². The molecule has 1 atom stereocenters. The standard InChI is InChI=1S/C14H11.2CH3.Zr/c1-10-6-7-14-12(8-10)9-11-4-2-3-5-13(11)14;;;/h2-8,13H,1H3;2*1H3;/q3*-1;+3. The first kappa shape index (κ1) is 16.3. The second-order valence-electron chi connectivity index (χ2n) is 3.89. The number of hydrogen-bond acceptors (Lipinski definition) is 0. The van der Waals surface area contributed by atoms with Gasteiger partial charge in [0.1, 0.15) is 0 Å². The van der Waals surface area contributed by atoms with Gasteiger partial charge in [0, 0.05) is 0 Å². The fourth-order valence-electron chi connectivity index (χ4n) is 2.14. The molecule has 0 saturated carbocycles. The van der Waals surface area contributed by atoms with Crippen LogP contribution in [0.1, 0.15) is 22.6 Å². The fourth-order valence-corrected chi connectivity index (χ4v) is 2.14. The Balaban J connectivity index is 0.000000853. The van der Waals surface area contributed by atoms with Crippen molar-refractivity contribution in [3.63, 3.8) is 0 Å². The topological polar surface area (TPSA) is 0 Å². The van der Waals surface area contributed by atoms with Crippen LogP contribution in [0.15, 0.2) is 48.1 Å². The van der Waals surface area contributed by atoms with Crippen molar-refractivity contribution in [1.82, 2.24) is 0 Å². The summed E-state index contributed by atoms with van der Waals surface area (Å²) in [5.74, 6) is 0.454. The van der Waals surface area contributed by atoms with Crippen LogP contribution in [-0.4, -0.2) is 0 Å². The zero-order valence-electron chi connectivity index (χ0n) is 10.6. The van der Waals surface area contributed by atoms with E-state index in [0.29, 0.717) is 5.92 Å². The first-order valence-electron chi connectivity index (χ1n) is 4.94. The van der Waals surface area contributed by atoms with E-state index < -0.39 is 0 Å². The van der Waals surface area contributed by atoms with Gasteiger partial charge in [-0.2, -0.15) is 0 Å². The third kappa shape index (κ3) is 2.77. The number of rotatable bonds is 0. The molecule has 85 valence electrons. The van der Waals surface area contributed by atoms with Crippen LogP contribution in [-0.2, 0) is 26.2 Å². The van der Waals surface area contributed by atoms with E-state index in [1.165, 1.54) is 22.3 Å². The predicted molar refractivity (Wildman–Crippen MR) is 70.9 cm³/mol. The van der Waals surface area contributed by atoms with Gasteiger partial charge in [-0.15, -0.1) is 47.1 Å². The third-order valence-electron chi connectivity index (χ3n) is 2.85. The van der Waals surface area contributed by atoms with E-state index in [4.69, 9.17) is 0 Å². The van der Waals surface area contributed by atoms with Crippen molar-refractivity contribution >= 4 is 0 Å². The van der Waals surface area contributed by atoms with Crippen molar-refractivity contribution in [2.45, 2.75) is 12.8 Å². The van der Waals surface area contributed by atoms with Crippen molar-refractivity contribution < 1.29 is 26.2 Å². The summed E-state index contributed by atoms with van der Waals surface area (Å²) in [5, 5.41) is 0. The maximum Gasteiger partial charge on any atom is 3.00 e. The van der Waals surface area contributed by atoms with Crippen LogP contribution < -0.4 is 0 Å². The maximum absolute atomic E-state index is 3.46. The van der Waals surface area contributed by atoms with Gasteiger partial charge in [-0.25, -0.2) is 0 Å². The molecule has 0 fully saturated rings. The molecular weight excluding hydrogens is 283 g/mol. The van der Waals surface area contributed by atoms with E-state index in [1.54, 1.807) is 0 Å². The Bertz CT molecular complexity index is 478. The van der Waals surface area contributed by atoms with Crippen molar-refractivity contribution in [1.29, 1.82) is 0 Å². The van der Waals surface area contributed by atoms with E-state index in [2.05, 4.69) is 55.5 Å². The Hall–Kier alpha value is -0.677. The normalized spacial score (nSPS) is 17.9. The molecule has 0 saturated heterocycles. The third-order valence-corrected chi connectivity index (χ3v) is 2.85. The summed E-state index contributed by atoms with van der Waals surface area (Å²) in [5.41, 5.74) is 5.27. The average molecular weight is 301 g/mol. The zero-order chi connectivity index (χ0) is 9.54. The predicted octanol–water partition coefficient (Wildman–Crippen LogP) is 4.19. The van der Waals surface area contributed by atoms with Crippen molar-refractivity contribution in [2.24, 2.45) is 0 Å². The number of hydrogen-bond donors (Lipinski definition) is 0. The Labute approximate surface area is 124 Å².